The maximum atomic E-state index is 6.05. The summed E-state index contributed by atoms with van der Waals surface area (Å²) in [7, 11) is 2.02. The fourth-order valence-corrected chi connectivity index (χ4v) is 3.49. The molecule has 1 aromatic heterocycles. The topological polar surface area (TPSA) is 39.1 Å². The van der Waals surface area contributed by atoms with Gasteiger partial charge < -0.3 is 10.1 Å². The number of aromatic nitrogens is 2. The highest BCUT2D eigenvalue weighted by Crippen LogP contribution is 2.32. The van der Waals surface area contributed by atoms with Crippen molar-refractivity contribution in [1.82, 2.24) is 15.1 Å². The second-order valence-electron chi connectivity index (χ2n) is 5.95. The molecule has 2 atom stereocenters. The Balaban J connectivity index is 2.19. The molecule has 0 radical (unpaired) electrons. The fourth-order valence-electron chi connectivity index (χ4n) is 2.99. The molecule has 1 fully saturated rings. The van der Waals surface area contributed by atoms with Crippen LogP contribution in [0.4, 0.5) is 0 Å². The van der Waals surface area contributed by atoms with E-state index < -0.39 is 0 Å². The molecule has 1 aliphatic rings. The maximum absolute atomic E-state index is 6.05. The van der Waals surface area contributed by atoms with E-state index in [0.29, 0.717) is 6.04 Å². The van der Waals surface area contributed by atoms with E-state index in [-0.39, 0.29) is 5.60 Å². The molecule has 2 heterocycles. The highest BCUT2D eigenvalue weighted by atomic mass is 79.9. The van der Waals surface area contributed by atoms with Gasteiger partial charge in [-0.05, 0) is 55.6 Å². The smallest absolute Gasteiger partial charge is 0.0811 e. The number of rotatable bonds is 6. The first-order valence-corrected chi connectivity index (χ1v) is 8.32. The van der Waals surface area contributed by atoms with Crippen molar-refractivity contribution < 1.29 is 4.74 Å². The summed E-state index contributed by atoms with van der Waals surface area (Å²) in [5.74, 6) is 0. The van der Waals surface area contributed by atoms with Crippen LogP contribution in [0.5, 0.6) is 0 Å². The molecular weight excluding hydrogens is 318 g/mol. The summed E-state index contributed by atoms with van der Waals surface area (Å²) < 4.78 is 9.16. The lowest BCUT2D eigenvalue weighted by Crippen LogP contribution is -2.50. The number of aryl methyl sites for hydroxylation is 2. The Hall–Kier alpha value is -0.390. The quantitative estimate of drug-likeness (QED) is 0.862. The number of nitrogens with one attached hydrogen (secondary N) is 1. The molecule has 2 unspecified atom stereocenters. The Morgan fingerprint density at radius 1 is 1.55 bits per heavy atom. The fraction of sp³-hybridized carbons (Fsp3) is 0.800. The Morgan fingerprint density at radius 3 is 2.80 bits per heavy atom. The predicted molar refractivity (Wildman–Crippen MR) is 85.0 cm³/mol. The van der Waals surface area contributed by atoms with Crippen molar-refractivity contribution in [2.45, 2.75) is 58.1 Å². The second-order valence-corrected chi connectivity index (χ2v) is 6.74. The van der Waals surface area contributed by atoms with Gasteiger partial charge in [-0.2, -0.15) is 5.10 Å². The lowest BCUT2D eigenvalue weighted by molar-refractivity contribution is -0.0119. The van der Waals surface area contributed by atoms with Crippen molar-refractivity contribution in [3.8, 4) is 0 Å². The van der Waals surface area contributed by atoms with Crippen molar-refractivity contribution >= 4 is 15.9 Å². The standard InChI is InChI=1S/C15H26BrN3O/c1-5-8-17-13(15(3)7-6-9-20-15)10-12-14(16)11(2)18-19(12)4/h13,17H,5-10H2,1-4H3. The largest absolute Gasteiger partial charge is 0.374 e. The van der Waals surface area contributed by atoms with Gasteiger partial charge in [0.25, 0.3) is 0 Å². The predicted octanol–water partition coefficient (Wildman–Crippen LogP) is 2.97. The van der Waals surface area contributed by atoms with Crippen LogP contribution in [0.15, 0.2) is 4.47 Å². The van der Waals surface area contributed by atoms with Crippen LogP contribution in [0.2, 0.25) is 0 Å². The minimum absolute atomic E-state index is 0.0627. The first kappa shape index (κ1) is 16.0. The van der Waals surface area contributed by atoms with E-state index in [1.165, 1.54) is 5.69 Å². The first-order chi connectivity index (χ1) is 9.48. The van der Waals surface area contributed by atoms with Crippen molar-refractivity contribution in [2.75, 3.05) is 13.2 Å². The number of hydrogen-bond donors (Lipinski definition) is 1. The van der Waals surface area contributed by atoms with E-state index in [1.54, 1.807) is 0 Å². The summed E-state index contributed by atoms with van der Waals surface area (Å²) in [6.45, 7) is 8.39. The Morgan fingerprint density at radius 2 is 2.30 bits per heavy atom. The lowest BCUT2D eigenvalue weighted by atomic mass is 9.89. The molecule has 20 heavy (non-hydrogen) atoms. The van der Waals surface area contributed by atoms with E-state index in [4.69, 9.17) is 4.74 Å². The number of ether oxygens (including phenoxy) is 1. The van der Waals surface area contributed by atoms with Gasteiger partial charge in [-0.3, -0.25) is 4.68 Å². The molecule has 0 aliphatic carbocycles. The molecule has 0 spiro atoms. The van der Waals surface area contributed by atoms with E-state index in [9.17, 15) is 0 Å². The van der Waals surface area contributed by atoms with Gasteiger partial charge >= 0.3 is 0 Å². The zero-order valence-electron chi connectivity index (χ0n) is 13.0. The zero-order chi connectivity index (χ0) is 14.8. The van der Waals surface area contributed by atoms with Crippen LogP contribution in [0.25, 0.3) is 0 Å². The summed E-state index contributed by atoms with van der Waals surface area (Å²) in [6, 6.07) is 0.330. The van der Waals surface area contributed by atoms with Crippen LogP contribution in [0.3, 0.4) is 0 Å². The minimum Gasteiger partial charge on any atom is -0.374 e. The lowest BCUT2D eigenvalue weighted by Gasteiger charge is -2.34. The third-order valence-electron chi connectivity index (χ3n) is 4.29. The average Bonchev–Trinajstić information content (AvgIpc) is 2.94. The molecule has 0 saturated carbocycles. The number of hydrogen-bond acceptors (Lipinski definition) is 3. The van der Waals surface area contributed by atoms with Crippen molar-refractivity contribution in [1.29, 1.82) is 0 Å². The molecule has 0 bridgehead atoms. The van der Waals surface area contributed by atoms with Crippen LogP contribution >= 0.6 is 15.9 Å². The molecule has 5 heteroatoms. The van der Waals surface area contributed by atoms with Gasteiger partial charge in [0.2, 0.25) is 0 Å². The van der Waals surface area contributed by atoms with Crippen molar-refractivity contribution in [3.63, 3.8) is 0 Å². The number of halogens is 1. The molecular formula is C15H26BrN3O. The Bertz CT molecular complexity index is 452. The van der Waals surface area contributed by atoms with E-state index in [2.05, 4.69) is 40.2 Å². The van der Waals surface area contributed by atoms with E-state index >= 15 is 0 Å². The highest BCUT2D eigenvalue weighted by molar-refractivity contribution is 9.10. The van der Waals surface area contributed by atoms with Crippen LogP contribution in [0, 0.1) is 6.92 Å². The normalized spacial score (nSPS) is 24.2. The van der Waals surface area contributed by atoms with E-state index in [1.807, 2.05) is 18.7 Å². The minimum atomic E-state index is -0.0627. The van der Waals surface area contributed by atoms with Crippen LogP contribution in [-0.4, -0.2) is 34.6 Å². The molecule has 0 aromatic carbocycles. The first-order valence-electron chi connectivity index (χ1n) is 7.53. The van der Waals surface area contributed by atoms with Crippen LogP contribution in [0.1, 0.15) is 44.5 Å². The van der Waals surface area contributed by atoms with Gasteiger partial charge in [0.05, 0.1) is 21.5 Å². The van der Waals surface area contributed by atoms with Crippen LogP contribution < -0.4 is 5.32 Å². The third kappa shape index (κ3) is 3.26. The van der Waals surface area contributed by atoms with Gasteiger partial charge in [-0.15, -0.1) is 0 Å². The van der Waals surface area contributed by atoms with Crippen molar-refractivity contribution in [2.24, 2.45) is 7.05 Å². The van der Waals surface area contributed by atoms with Gasteiger partial charge in [0.15, 0.2) is 0 Å². The third-order valence-corrected chi connectivity index (χ3v) is 5.32. The molecule has 1 aliphatic heterocycles. The molecule has 4 nitrogen and oxygen atoms in total. The molecule has 114 valence electrons. The van der Waals surface area contributed by atoms with Gasteiger partial charge in [-0.25, -0.2) is 0 Å². The van der Waals surface area contributed by atoms with E-state index in [0.717, 1.165) is 49.0 Å². The Labute approximate surface area is 130 Å². The molecule has 1 aromatic rings. The van der Waals surface area contributed by atoms with Gasteiger partial charge in [-0.1, -0.05) is 6.92 Å². The molecule has 2 rings (SSSR count). The monoisotopic (exact) mass is 343 g/mol. The second kappa shape index (κ2) is 6.58. The molecule has 1 saturated heterocycles. The maximum Gasteiger partial charge on any atom is 0.0811 e. The Kier molecular flexibility index (Phi) is 5.26. The zero-order valence-corrected chi connectivity index (χ0v) is 14.6. The summed E-state index contributed by atoms with van der Waals surface area (Å²) in [5.41, 5.74) is 2.23. The SMILES string of the molecule is CCCNC(Cc1c(Br)c(C)nn1C)C1(C)CCCO1. The highest BCUT2D eigenvalue weighted by Gasteiger charge is 2.38. The summed E-state index contributed by atoms with van der Waals surface area (Å²) >= 11 is 3.67. The summed E-state index contributed by atoms with van der Waals surface area (Å²) in [5, 5.41) is 8.17. The van der Waals surface area contributed by atoms with Gasteiger partial charge in [0, 0.05) is 26.1 Å². The summed E-state index contributed by atoms with van der Waals surface area (Å²) in [6.07, 6.45) is 4.36. The molecule has 1 N–H and O–H groups in total. The summed E-state index contributed by atoms with van der Waals surface area (Å²) in [4.78, 5) is 0. The van der Waals surface area contributed by atoms with Gasteiger partial charge in [0.1, 0.15) is 0 Å². The van der Waals surface area contributed by atoms with Crippen molar-refractivity contribution in [3.05, 3.63) is 15.9 Å². The molecule has 0 amide bonds. The number of nitrogens with zero attached hydrogens (tertiary/aromatic N) is 2. The average molecular weight is 344 g/mol. The van der Waals surface area contributed by atoms with Crippen LogP contribution in [-0.2, 0) is 18.2 Å².